The Kier molecular flexibility index (Phi) is 6.75. The predicted molar refractivity (Wildman–Crippen MR) is 104 cm³/mol. The largest absolute Gasteiger partial charge is 0.328 e. The third-order valence-corrected chi connectivity index (χ3v) is 5.64. The van der Waals surface area contributed by atoms with Crippen molar-refractivity contribution in [2.24, 2.45) is 0 Å². The van der Waals surface area contributed by atoms with E-state index in [0.717, 1.165) is 6.54 Å². The summed E-state index contributed by atoms with van der Waals surface area (Å²) >= 11 is 0. The van der Waals surface area contributed by atoms with E-state index in [1.807, 2.05) is 0 Å². The molecule has 132 valence electrons. The fourth-order valence-corrected chi connectivity index (χ4v) is 4.23. The van der Waals surface area contributed by atoms with Crippen LogP contribution in [0.15, 0.2) is 24.3 Å². The lowest BCUT2D eigenvalue weighted by Crippen LogP contribution is -2.12. The van der Waals surface area contributed by atoms with Crippen molar-refractivity contribution in [3.05, 3.63) is 30.1 Å². The Labute approximate surface area is 147 Å². The normalized spacial score (nSPS) is 16.0. The van der Waals surface area contributed by atoms with Gasteiger partial charge < -0.3 is 4.57 Å². The Morgan fingerprint density at radius 1 is 0.917 bits per heavy atom. The van der Waals surface area contributed by atoms with Gasteiger partial charge in [-0.2, -0.15) is 0 Å². The van der Waals surface area contributed by atoms with Crippen molar-refractivity contribution >= 4 is 11.0 Å². The maximum Gasteiger partial charge on any atom is 0.112 e. The molecule has 2 aromatic rings. The van der Waals surface area contributed by atoms with Crippen LogP contribution in [0, 0.1) is 0 Å². The van der Waals surface area contributed by atoms with E-state index in [1.54, 1.807) is 0 Å². The SMILES string of the molecule is CCCCCCCCCn1c(C2CCCCC2)nc2ccccc21. The molecule has 0 aliphatic heterocycles. The molecule has 1 aromatic heterocycles. The zero-order chi connectivity index (χ0) is 16.6. The van der Waals surface area contributed by atoms with E-state index in [1.165, 1.54) is 93.9 Å². The Morgan fingerprint density at radius 3 is 2.42 bits per heavy atom. The van der Waals surface area contributed by atoms with Gasteiger partial charge in [-0.05, 0) is 31.4 Å². The summed E-state index contributed by atoms with van der Waals surface area (Å²) in [4.78, 5) is 5.04. The van der Waals surface area contributed by atoms with E-state index in [-0.39, 0.29) is 0 Å². The van der Waals surface area contributed by atoms with Crippen LogP contribution in [0.3, 0.4) is 0 Å². The lowest BCUT2D eigenvalue weighted by molar-refractivity contribution is 0.413. The first-order chi connectivity index (χ1) is 11.9. The van der Waals surface area contributed by atoms with E-state index in [0.29, 0.717) is 5.92 Å². The molecule has 0 spiro atoms. The van der Waals surface area contributed by atoms with E-state index in [9.17, 15) is 0 Å². The highest BCUT2D eigenvalue weighted by molar-refractivity contribution is 5.76. The monoisotopic (exact) mass is 326 g/mol. The molecule has 1 saturated carbocycles. The van der Waals surface area contributed by atoms with Gasteiger partial charge in [0.2, 0.25) is 0 Å². The van der Waals surface area contributed by atoms with Gasteiger partial charge in [-0.1, -0.05) is 76.8 Å². The number of imidazole rings is 1. The van der Waals surface area contributed by atoms with Crippen LogP contribution in [0.25, 0.3) is 11.0 Å². The molecule has 1 aliphatic rings. The van der Waals surface area contributed by atoms with Crippen LogP contribution >= 0.6 is 0 Å². The number of nitrogens with zero attached hydrogens (tertiary/aromatic N) is 2. The molecular weight excluding hydrogens is 292 g/mol. The molecule has 0 amide bonds. The third kappa shape index (κ3) is 4.40. The smallest absolute Gasteiger partial charge is 0.112 e. The summed E-state index contributed by atoms with van der Waals surface area (Å²) in [6.45, 7) is 3.44. The fraction of sp³-hybridized carbons (Fsp3) is 0.682. The second kappa shape index (κ2) is 9.25. The average molecular weight is 327 g/mol. The van der Waals surface area contributed by atoms with Crippen molar-refractivity contribution in [3.63, 3.8) is 0 Å². The van der Waals surface area contributed by atoms with Crippen LogP contribution in [0.4, 0.5) is 0 Å². The second-order valence-corrected chi connectivity index (χ2v) is 7.57. The molecule has 0 N–H and O–H groups in total. The second-order valence-electron chi connectivity index (χ2n) is 7.57. The highest BCUT2D eigenvalue weighted by Crippen LogP contribution is 2.34. The molecule has 1 aromatic carbocycles. The third-order valence-electron chi connectivity index (χ3n) is 5.64. The molecule has 0 bridgehead atoms. The summed E-state index contributed by atoms with van der Waals surface area (Å²) in [5, 5.41) is 0. The summed E-state index contributed by atoms with van der Waals surface area (Å²) in [5.74, 6) is 2.07. The molecule has 2 nitrogen and oxygen atoms in total. The lowest BCUT2D eigenvalue weighted by atomic mass is 9.88. The van der Waals surface area contributed by atoms with Crippen LogP contribution in [-0.2, 0) is 6.54 Å². The van der Waals surface area contributed by atoms with Crippen molar-refractivity contribution in [2.45, 2.75) is 96.4 Å². The average Bonchev–Trinajstić information content (AvgIpc) is 3.00. The topological polar surface area (TPSA) is 17.8 Å². The van der Waals surface area contributed by atoms with Crippen molar-refractivity contribution < 1.29 is 0 Å². The first-order valence-corrected chi connectivity index (χ1v) is 10.4. The molecule has 2 heteroatoms. The lowest BCUT2D eigenvalue weighted by Gasteiger charge is -2.22. The summed E-state index contributed by atoms with van der Waals surface area (Å²) in [5.41, 5.74) is 2.55. The van der Waals surface area contributed by atoms with Crippen LogP contribution in [0.2, 0.25) is 0 Å². The van der Waals surface area contributed by atoms with E-state index in [2.05, 4.69) is 35.8 Å². The molecule has 1 aliphatic carbocycles. The summed E-state index contributed by atoms with van der Waals surface area (Å²) < 4.78 is 2.55. The van der Waals surface area contributed by atoms with Gasteiger partial charge >= 0.3 is 0 Å². The maximum atomic E-state index is 5.04. The summed E-state index contributed by atoms with van der Waals surface area (Å²) in [6.07, 6.45) is 16.5. The highest BCUT2D eigenvalue weighted by atomic mass is 15.1. The zero-order valence-corrected chi connectivity index (χ0v) is 15.5. The van der Waals surface area contributed by atoms with Gasteiger partial charge in [-0.15, -0.1) is 0 Å². The molecule has 1 heterocycles. The summed E-state index contributed by atoms with van der Waals surface area (Å²) in [6, 6.07) is 8.73. The van der Waals surface area contributed by atoms with Gasteiger partial charge in [0.25, 0.3) is 0 Å². The van der Waals surface area contributed by atoms with Gasteiger partial charge in [0.15, 0.2) is 0 Å². The van der Waals surface area contributed by atoms with Crippen molar-refractivity contribution in [1.29, 1.82) is 0 Å². The van der Waals surface area contributed by atoms with Crippen LogP contribution in [-0.4, -0.2) is 9.55 Å². The number of hydrogen-bond donors (Lipinski definition) is 0. The van der Waals surface area contributed by atoms with Gasteiger partial charge in [0.1, 0.15) is 5.82 Å². The Hall–Kier alpha value is -1.31. The minimum Gasteiger partial charge on any atom is -0.328 e. The van der Waals surface area contributed by atoms with Crippen LogP contribution in [0.5, 0.6) is 0 Å². The van der Waals surface area contributed by atoms with Gasteiger partial charge in [0.05, 0.1) is 11.0 Å². The predicted octanol–water partition coefficient (Wildman–Crippen LogP) is 6.83. The number of aryl methyl sites for hydroxylation is 1. The minimum absolute atomic E-state index is 0.690. The molecule has 3 rings (SSSR count). The van der Waals surface area contributed by atoms with Gasteiger partial charge in [-0.25, -0.2) is 4.98 Å². The number of aromatic nitrogens is 2. The first kappa shape index (κ1) is 17.5. The number of para-hydroxylation sites is 2. The molecule has 0 unspecified atom stereocenters. The summed E-state index contributed by atoms with van der Waals surface area (Å²) in [7, 11) is 0. The molecule has 0 atom stereocenters. The zero-order valence-electron chi connectivity index (χ0n) is 15.5. The molecule has 1 fully saturated rings. The fourth-order valence-electron chi connectivity index (χ4n) is 4.23. The Balaban J connectivity index is 1.64. The van der Waals surface area contributed by atoms with Crippen LogP contribution in [0.1, 0.15) is 95.7 Å². The van der Waals surface area contributed by atoms with Crippen LogP contribution < -0.4 is 0 Å². The number of unbranched alkanes of at least 4 members (excludes halogenated alkanes) is 6. The van der Waals surface area contributed by atoms with Gasteiger partial charge in [0, 0.05) is 12.5 Å². The van der Waals surface area contributed by atoms with E-state index in [4.69, 9.17) is 4.98 Å². The standard InChI is InChI=1S/C22H34N2/c1-2-3-4-5-6-7-13-18-24-21-17-12-11-16-20(21)23-22(24)19-14-9-8-10-15-19/h11-12,16-17,19H,2-10,13-15,18H2,1H3. The van der Waals surface area contributed by atoms with E-state index < -0.39 is 0 Å². The van der Waals surface area contributed by atoms with Crippen molar-refractivity contribution in [3.8, 4) is 0 Å². The van der Waals surface area contributed by atoms with Gasteiger partial charge in [-0.3, -0.25) is 0 Å². The number of fused-ring (bicyclic) bond motifs is 1. The van der Waals surface area contributed by atoms with Crippen molar-refractivity contribution in [1.82, 2.24) is 9.55 Å². The quantitative estimate of drug-likeness (QED) is 0.461. The molecule has 0 radical (unpaired) electrons. The maximum absolute atomic E-state index is 5.04. The Bertz CT molecular complexity index is 607. The van der Waals surface area contributed by atoms with Crippen molar-refractivity contribution in [2.75, 3.05) is 0 Å². The number of hydrogen-bond acceptors (Lipinski definition) is 1. The minimum atomic E-state index is 0.690. The molecular formula is C22H34N2. The molecule has 24 heavy (non-hydrogen) atoms. The first-order valence-electron chi connectivity index (χ1n) is 10.4. The van der Waals surface area contributed by atoms with E-state index >= 15 is 0 Å². The Morgan fingerprint density at radius 2 is 1.62 bits per heavy atom. The number of benzene rings is 1. The molecule has 0 saturated heterocycles. The number of rotatable bonds is 9. The highest BCUT2D eigenvalue weighted by Gasteiger charge is 2.22.